The first-order valence-electron chi connectivity index (χ1n) is 11.6. The van der Waals surface area contributed by atoms with Crippen LogP contribution in [0.25, 0.3) is 0 Å². The average Bonchev–Trinajstić information content (AvgIpc) is 2.89. The molecule has 1 unspecified atom stereocenters. The standard InChI is InChI=1S/C29H26F3N3O/c1-2-21-14-16-25(17-15-21)34-27(36)35-28(26-13-6-7-18-33-26,20-22-9-4-3-5-10-22)23-11-8-12-24(19-23)29(30,31)32/h3-19H,2,20H2,1H3,(H2,34,35,36). The van der Waals surface area contributed by atoms with E-state index in [2.05, 4.69) is 15.6 Å². The topological polar surface area (TPSA) is 54.0 Å². The first kappa shape index (κ1) is 25.0. The predicted octanol–water partition coefficient (Wildman–Crippen LogP) is 6.97. The average molecular weight is 490 g/mol. The van der Waals surface area contributed by atoms with Crippen molar-refractivity contribution in [1.29, 1.82) is 0 Å². The minimum absolute atomic E-state index is 0.189. The predicted molar refractivity (Wildman–Crippen MR) is 135 cm³/mol. The summed E-state index contributed by atoms with van der Waals surface area (Å²) in [5.74, 6) is 0. The molecule has 1 aromatic heterocycles. The normalized spacial score (nSPS) is 13.0. The summed E-state index contributed by atoms with van der Waals surface area (Å²) in [5.41, 5.74) is 1.04. The number of benzene rings is 3. The van der Waals surface area contributed by atoms with Crippen molar-refractivity contribution in [1.82, 2.24) is 10.3 Å². The lowest BCUT2D eigenvalue weighted by Gasteiger charge is -2.35. The van der Waals surface area contributed by atoms with Crippen molar-refractivity contribution < 1.29 is 18.0 Å². The molecule has 2 amide bonds. The van der Waals surface area contributed by atoms with Gasteiger partial charge in [0.15, 0.2) is 0 Å². The fourth-order valence-electron chi connectivity index (χ4n) is 4.18. The Balaban J connectivity index is 1.82. The second-order valence-corrected chi connectivity index (χ2v) is 8.49. The van der Waals surface area contributed by atoms with Gasteiger partial charge >= 0.3 is 12.2 Å². The molecule has 0 fully saturated rings. The Morgan fingerprint density at radius 1 is 0.806 bits per heavy atom. The van der Waals surface area contributed by atoms with E-state index in [1.807, 2.05) is 49.4 Å². The van der Waals surface area contributed by atoms with Crippen LogP contribution < -0.4 is 10.6 Å². The Hall–Kier alpha value is -4.13. The molecular formula is C29H26F3N3O. The molecule has 0 aliphatic rings. The first-order chi connectivity index (χ1) is 17.3. The van der Waals surface area contributed by atoms with E-state index in [1.54, 1.807) is 42.6 Å². The molecule has 7 heteroatoms. The van der Waals surface area contributed by atoms with E-state index in [4.69, 9.17) is 0 Å². The van der Waals surface area contributed by atoms with E-state index in [0.717, 1.165) is 29.7 Å². The van der Waals surface area contributed by atoms with Gasteiger partial charge in [-0.1, -0.05) is 67.6 Å². The number of rotatable bonds is 7. The Morgan fingerprint density at radius 2 is 1.50 bits per heavy atom. The van der Waals surface area contributed by atoms with E-state index in [9.17, 15) is 18.0 Å². The molecule has 1 heterocycles. The van der Waals surface area contributed by atoms with Crippen LogP contribution in [-0.4, -0.2) is 11.0 Å². The number of alkyl halides is 3. The molecule has 0 radical (unpaired) electrons. The van der Waals surface area contributed by atoms with Crippen LogP contribution in [0.5, 0.6) is 0 Å². The highest BCUT2D eigenvalue weighted by Gasteiger charge is 2.40. The lowest BCUT2D eigenvalue weighted by atomic mass is 9.80. The minimum Gasteiger partial charge on any atom is -0.322 e. The van der Waals surface area contributed by atoms with Gasteiger partial charge in [-0.2, -0.15) is 13.2 Å². The number of hydrogen-bond acceptors (Lipinski definition) is 2. The minimum atomic E-state index is -4.54. The number of aryl methyl sites for hydroxylation is 1. The van der Waals surface area contributed by atoms with Crippen LogP contribution in [0.4, 0.5) is 23.7 Å². The van der Waals surface area contributed by atoms with Crippen LogP contribution >= 0.6 is 0 Å². The monoisotopic (exact) mass is 489 g/mol. The van der Waals surface area contributed by atoms with Crippen molar-refractivity contribution in [2.45, 2.75) is 31.5 Å². The van der Waals surface area contributed by atoms with Gasteiger partial charge in [0.1, 0.15) is 5.54 Å². The molecular weight excluding hydrogens is 463 g/mol. The third-order valence-electron chi connectivity index (χ3n) is 6.04. The number of pyridine rings is 1. The number of hydrogen-bond donors (Lipinski definition) is 2. The van der Waals surface area contributed by atoms with Gasteiger partial charge in [-0.3, -0.25) is 4.98 Å². The molecule has 184 valence electrons. The zero-order valence-corrected chi connectivity index (χ0v) is 19.7. The van der Waals surface area contributed by atoms with Crippen molar-refractivity contribution in [3.05, 3.63) is 131 Å². The van der Waals surface area contributed by atoms with E-state index in [0.29, 0.717) is 11.4 Å². The summed E-state index contributed by atoms with van der Waals surface area (Å²) in [7, 11) is 0. The van der Waals surface area contributed by atoms with Gasteiger partial charge in [0, 0.05) is 18.3 Å². The highest BCUT2D eigenvalue weighted by atomic mass is 19.4. The molecule has 3 aromatic carbocycles. The van der Waals surface area contributed by atoms with Gasteiger partial charge in [0.25, 0.3) is 0 Å². The Bertz CT molecular complexity index is 1290. The maximum absolute atomic E-state index is 13.7. The summed E-state index contributed by atoms with van der Waals surface area (Å²) in [6.45, 7) is 2.04. The number of halogens is 3. The van der Waals surface area contributed by atoms with Gasteiger partial charge in [-0.05, 0) is 59.5 Å². The smallest absolute Gasteiger partial charge is 0.322 e. The molecule has 0 saturated carbocycles. The highest BCUT2D eigenvalue weighted by molar-refractivity contribution is 5.90. The van der Waals surface area contributed by atoms with Crippen molar-refractivity contribution >= 4 is 11.7 Å². The van der Waals surface area contributed by atoms with Crippen LogP contribution in [0.15, 0.2) is 103 Å². The van der Waals surface area contributed by atoms with Crippen LogP contribution in [-0.2, 0) is 24.6 Å². The molecule has 4 rings (SSSR count). The second-order valence-electron chi connectivity index (χ2n) is 8.49. The Kier molecular flexibility index (Phi) is 7.38. The van der Waals surface area contributed by atoms with Crippen LogP contribution in [0.3, 0.4) is 0 Å². The lowest BCUT2D eigenvalue weighted by molar-refractivity contribution is -0.137. The third-order valence-corrected chi connectivity index (χ3v) is 6.04. The van der Waals surface area contributed by atoms with Crippen molar-refractivity contribution in [2.75, 3.05) is 5.32 Å². The first-order valence-corrected chi connectivity index (χ1v) is 11.6. The maximum atomic E-state index is 13.7. The molecule has 4 aromatic rings. The van der Waals surface area contributed by atoms with E-state index in [1.165, 1.54) is 6.07 Å². The Morgan fingerprint density at radius 3 is 2.14 bits per heavy atom. The number of urea groups is 1. The maximum Gasteiger partial charge on any atom is 0.416 e. The van der Waals surface area contributed by atoms with E-state index in [-0.39, 0.29) is 12.0 Å². The molecule has 0 saturated heterocycles. The van der Waals surface area contributed by atoms with Gasteiger partial charge in [0.05, 0.1) is 11.3 Å². The number of carbonyl (C=O) groups excluding carboxylic acids is 1. The molecule has 36 heavy (non-hydrogen) atoms. The fraction of sp³-hybridized carbons (Fsp3) is 0.172. The number of nitrogens with one attached hydrogen (secondary N) is 2. The zero-order chi connectivity index (χ0) is 25.6. The zero-order valence-electron chi connectivity index (χ0n) is 19.7. The molecule has 0 aliphatic heterocycles. The summed E-state index contributed by atoms with van der Waals surface area (Å²) in [6.07, 6.45) is -1.93. The van der Waals surface area contributed by atoms with Crippen molar-refractivity contribution in [3.8, 4) is 0 Å². The SMILES string of the molecule is CCc1ccc(NC(=O)NC(Cc2ccccc2)(c2cccc(C(F)(F)F)c2)c2ccccn2)cc1. The van der Waals surface area contributed by atoms with Crippen LogP contribution in [0, 0.1) is 0 Å². The van der Waals surface area contributed by atoms with Crippen molar-refractivity contribution in [3.63, 3.8) is 0 Å². The van der Waals surface area contributed by atoms with E-state index >= 15 is 0 Å². The molecule has 0 aliphatic carbocycles. The summed E-state index contributed by atoms with van der Waals surface area (Å²) < 4.78 is 41.0. The van der Waals surface area contributed by atoms with Crippen LogP contribution in [0.2, 0.25) is 0 Å². The van der Waals surface area contributed by atoms with Crippen LogP contribution in [0.1, 0.15) is 34.9 Å². The number of amides is 2. The molecule has 2 N–H and O–H groups in total. The summed E-state index contributed by atoms with van der Waals surface area (Å²) in [4.78, 5) is 17.8. The molecule has 1 atom stereocenters. The third kappa shape index (κ3) is 5.74. The highest BCUT2D eigenvalue weighted by Crippen LogP contribution is 2.37. The largest absolute Gasteiger partial charge is 0.416 e. The summed E-state index contributed by atoms with van der Waals surface area (Å²) >= 11 is 0. The fourth-order valence-corrected chi connectivity index (χ4v) is 4.18. The lowest BCUT2D eigenvalue weighted by Crippen LogP contribution is -2.50. The molecule has 0 bridgehead atoms. The molecule has 0 spiro atoms. The van der Waals surface area contributed by atoms with Crippen molar-refractivity contribution in [2.24, 2.45) is 0 Å². The summed E-state index contributed by atoms with van der Waals surface area (Å²) in [6, 6.07) is 26.4. The number of anilines is 1. The summed E-state index contributed by atoms with van der Waals surface area (Å²) in [5, 5.41) is 5.81. The van der Waals surface area contributed by atoms with Gasteiger partial charge in [-0.15, -0.1) is 0 Å². The molecule has 4 nitrogen and oxygen atoms in total. The van der Waals surface area contributed by atoms with E-state index < -0.39 is 23.3 Å². The number of nitrogens with zero attached hydrogens (tertiary/aromatic N) is 1. The quantitative estimate of drug-likeness (QED) is 0.295. The number of aromatic nitrogens is 1. The number of carbonyl (C=O) groups is 1. The second kappa shape index (κ2) is 10.6. The van der Waals surface area contributed by atoms with Gasteiger partial charge in [0.2, 0.25) is 0 Å². The van der Waals surface area contributed by atoms with Gasteiger partial charge in [-0.25, -0.2) is 4.79 Å². The van der Waals surface area contributed by atoms with Gasteiger partial charge < -0.3 is 10.6 Å². The Labute approximate surface area is 208 Å².